The summed E-state index contributed by atoms with van der Waals surface area (Å²) in [6, 6.07) is 5.80. The molecule has 0 spiro atoms. The fraction of sp³-hybridized carbons (Fsp3) is 0.368. The molecule has 1 aliphatic carbocycles. The Morgan fingerprint density at radius 2 is 1.81 bits per heavy atom. The van der Waals surface area contributed by atoms with Crippen LogP contribution in [0.5, 0.6) is 0 Å². The number of methoxy groups -OCH3 is 1. The average molecular weight is 408 g/mol. The van der Waals surface area contributed by atoms with Crippen molar-refractivity contribution in [1.82, 2.24) is 0 Å². The fourth-order valence-corrected chi connectivity index (χ4v) is 5.28. The van der Waals surface area contributed by atoms with Gasteiger partial charge in [0.2, 0.25) is 0 Å². The van der Waals surface area contributed by atoms with Gasteiger partial charge in [-0.05, 0) is 55.5 Å². The summed E-state index contributed by atoms with van der Waals surface area (Å²) < 4.78 is 28.7. The molecular formula is C19H21NO5S2. The van der Waals surface area contributed by atoms with Crippen molar-refractivity contribution in [2.45, 2.75) is 37.5 Å². The van der Waals surface area contributed by atoms with E-state index in [1.54, 1.807) is 6.92 Å². The predicted molar refractivity (Wildman–Crippen MR) is 104 cm³/mol. The van der Waals surface area contributed by atoms with Gasteiger partial charge in [-0.15, -0.1) is 11.3 Å². The molecule has 0 saturated carbocycles. The Balaban J connectivity index is 1.88. The van der Waals surface area contributed by atoms with Crippen LogP contribution in [0.4, 0.5) is 5.00 Å². The lowest BCUT2D eigenvalue weighted by Gasteiger charge is -2.11. The highest BCUT2D eigenvalue weighted by atomic mass is 32.2. The van der Waals surface area contributed by atoms with Crippen LogP contribution in [0.1, 0.15) is 50.9 Å². The molecular weight excluding hydrogens is 386 g/mol. The second-order valence-electron chi connectivity index (χ2n) is 6.29. The van der Waals surface area contributed by atoms with Crippen molar-refractivity contribution < 1.29 is 22.7 Å². The highest BCUT2D eigenvalue weighted by molar-refractivity contribution is 7.91. The maximum absolute atomic E-state index is 12.6. The summed E-state index contributed by atoms with van der Waals surface area (Å²) in [4.78, 5) is 26.2. The minimum absolute atomic E-state index is 0.00177. The Morgan fingerprint density at radius 3 is 2.44 bits per heavy atom. The zero-order valence-electron chi connectivity index (χ0n) is 15.2. The van der Waals surface area contributed by atoms with Gasteiger partial charge in [0.15, 0.2) is 9.84 Å². The zero-order valence-corrected chi connectivity index (χ0v) is 16.8. The molecule has 1 aliphatic rings. The smallest absolute Gasteiger partial charge is 0.341 e. The van der Waals surface area contributed by atoms with E-state index >= 15 is 0 Å². The number of benzene rings is 1. The molecule has 1 N–H and O–H groups in total. The molecule has 1 amide bonds. The number of carbonyl (C=O) groups is 2. The van der Waals surface area contributed by atoms with Gasteiger partial charge >= 0.3 is 5.97 Å². The van der Waals surface area contributed by atoms with Gasteiger partial charge in [-0.3, -0.25) is 4.79 Å². The van der Waals surface area contributed by atoms with Crippen LogP contribution >= 0.6 is 11.3 Å². The molecule has 2 aromatic rings. The lowest BCUT2D eigenvalue weighted by Crippen LogP contribution is -2.15. The Labute approximate surface area is 162 Å². The van der Waals surface area contributed by atoms with Gasteiger partial charge in [-0.1, -0.05) is 6.92 Å². The molecule has 1 aromatic heterocycles. The van der Waals surface area contributed by atoms with E-state index in [9.17, 15) is 18.0 Å². The number of anilines is 1. The van der Waals surface area contributed by atoms with Crippen LogP contribution in [-0.4, -0.2) is 33.2 Å². The molecule has 27 heavy (non-hydrogen) atoms. The average Bonchev–Trinajstić information content (AvgIpc) is 3.05. The Hall–Kier alpha value is -2.19. The van der Waals surface area contributed by atoms with E-state index in [4.69, 9.17) is 4.74 Å². The number of sulfone groups is 1. The minimum atomic E-state index is -3.31. The summed E-state index contributed by atoms with van der Waals surface area (Å²) in [7, 11) is -1.99. The van der Waals surface area contributed by atoms with E-state index in [1.807, 2.05) is 0 Å². The Kier molecular flexibility index (Phi) is 5.67. The van der Waals surface area contributed by atoms with Gasteiger partial charge in [0.1, 0.15) is 5.00 Å². The molecule has 1 aromatic carbocycles. The van der Waals surface area contributed by atoms with Crippen molar-refractivity contribution in [3.05, 3.63) is 45.8 Å². The van der Waals surface area contributed by atoms with E-state index in [0.29, 0.717) is 16.1 Å². The standard InChI is InChI=1S/C19H21NO5S2/c1-3-27(23,24)13-10-8-12(9-11-13)17(21)20-18-16(19(22)25-2)14-6-4-5-7-15(14)26-18/h8-11H,3-7H2,1-2H3,(H,20,21). The lowest BCUT2D eigenvalue weighted by molar-refractivity contribution is 0.0601. The third-order valence-corrected chi connectivity index (χ3v) is 7.60. The fourth-order valence-electron chi connectivity index (χ4n) is 3.13. The second-order valence-corrected chi connectivity index (χ2v) is 9.67. The number of esters is 1. The van der Waals surface area contributed by atoms with E-state index in [-0.39, 0.29) is 16.6 Å². The molecule has 0 fully saturated rings. The van der Waals surface area contributed by atoms with E-state index in [1.165, 1.54) is 42.7 Å². The normalized spacial score (nSPS) is 13.7. The van der Waals surface area contributed by atoms with Crippen LogP contribution < -0.4 is 5.32 Å². The van der Waals surface area contributed by atoms with Crippen molar-refractivity contribution in [2.75, 3.05) is 18.2 Å². The predicted octanol–water partition coefficient (Wildman–Crippen LogP) is 3.46. The van der Waals surface area contributed by atoms with Gasteiger partial charge in [-0.2, -0.15) is 0 Å². The van der Waals surface area contributed by atoms with E-state index < -0.39 is 15.8 Å². The highest BCUT2D eigenvalue weighted by Crippen LogP contribution is 2.38. The maximum Gasteiger partial charge on any atom is 0.341 e. The molecule has 0 bridgehead atoms. The van der Waals surface area contributed by atoms with Crippen LogP contribution in [-0.2, 0) is 27.4 Å². The van der Waals surface area contributed by atoms with Crippen molar-refractivity contribution in [3.63, 3.8) is 0 Å². The minimum Gasteiger partial charge on any atom is -0.465 e. The number of ether oxygens (including phenoxy) is 1. The number of fused-ring (bicyclic) bond motifs is 1. The van der Waals surface area contributed by atoms with Crippen molar-refractivity contribution in [1.29, 1.82) is 0 Å². The first kappa shape index (κ1) is 19.6. The summed E-state index contributed by atoms with van der Waals surface area (Å²) in [5.41, 5.74) is 1.74. The number of amides is 1. The van der Waals surface area contributed by atoms with Gasteiger partial charge in [0.25, 0.3) is 5.91 Å². The van der Waals surface area contributed by atoms with Crippen molar-refractivity contribution in [3.8, 4) is 0 Å². The number of nitrogens with one attached hydrogen (secondary N) is 1. The second kappa shape index (κ2) is 7.82. The Morgan fingerprint density at radius 1 is 1.15 bits per heavy atom. The largest absolute Gasteiger partial charge is 0.465 e. The summed E-state index contributed by atoms with van der Waals surface area (Å²) in [5, 5.41) is 3.29. The molecule has 6 nitrogen and oxygen atoms in total. The monoisotopic (exact) mass is 407 g/mol. The first-order chi connectivity index (χ1) is 12.9. The van der Waals surface area contributed by atoms with Crippen LogP contribution in [0.15, 0.2) is 29.2 Å². The highest BCUT2D eigenvalue weighted by Gasteiger charge is 2.27. The van der Waals surface area contributed by atoms with Gasteiger partial charge in [-0.25, -0.2) is 13.2 Å². The lowest BCUT2D eigenvalue weighted by atomic mass is 9.95. The topological polar surface area (TPSA) is 89.5 Å². The molecule has 8 heteroatoms. The number of hydrogen-bond donors (Lipinski definition) is 1. The van der Waals surface area contributed by atoms with Crippen molar-refractivity contribution in [2.24, 2.45) is 0 Å². The van der Waals surface area contributed by atoms with Crippen LogP contribution in [0.25, 0.3) is 0 Å². The first-order valence-corrected chi connectivity index (χ1v) is 11.2. The summed E-state index contributed by atoms with van der Waals surface area (Å²) in [5.74, 6) is -0.838. The molecule has 1 heterocycles. The van der Waals surface area contributed by atoms with E-state index in [2.05, 4.69) is 5.32 Å². The van der Waals surface area contributed by atoms with Crippen LogP contribution in [0, 0.1) is 0 Å². The number of rotatable bonds is 5. The summed E-state index contributed by atoms with van der Waals surface area (Å²) in [6.45, 7) is 1.57. The molecule has 0 unspecified atom stereocenters. The third-order valence-electron chi connectivity index (χ3n) is 4.64. The maximum atomic E-state index is 12.6. The SMILES string of the molecule is CCS(=O)(=O)c1ccc(C(=O)Nc2sc3c(c2C(=O)OC)CCCC3)cc1. The molecule has 0 aliphatic heterocycles. The zero-order chi connectivity index (χ0) is 19.6. The third kappa shape index (κ3) is 3.91. The van der Waals surface area contributed by atoms with E-state index in [0.717, 1.165) is 36.1 Å². The molecule has 3 rings (SSSR count). The number of aryl methyl sites for hydroxylation is 1. The molecule has 0 atom stereocenters. The number of hydrogen-bond acceptors (Lipinski definition) is 6. The Bertz CT molecular complexity index is 974. The summed E-state index contributed by atoms with van der Waals surface area (Å²) >= 11 is 1.41. The van der Waals surface area contributed by atoms with Gasteiger partial charge in [0.05, 0.1) is 23.3 Å². The number of thiophene rings is 1. The molecule has 0 radical (unpaired) electrons. The van der Waals surface area contributed by atoms with Crippen LogP contribution in [0.2, 0.25) is 0 Å². The summed E-state index contributed by atoms with van der Waals surface area (Å²) in [6.07, 6.45) is 3.77. The molecule has 0 saturated heterocycles. The first-order valence-electron chi connectivity index (χ1n) is 8.74. The quantitative estimate of drug-likeness (QED) is 0.767. The number of carbonyl (C=O) groups excluding carboxylic acids is 2. The van der Waals surface area contributed by atoms with Gasteiger partial charge < -0.3 is 10.1 Å². The van der Waals surface area contributed by atoms with Crippen LogP contribution in [0.3, 0.4) is 0 Å². The van der Waals surface area contributed by atoms with Gasteiger partial charge in [0, 0.05) is 10.4 Å². The van der Waals surface area contributed by atoms with Crippen molar-refractivity contribution >= 4 is 38.1 Å². The molecule has 144 valence electrons.